The van der Waals surface area contributed by atoms with E-state index >= 15 is 0 Å². The first-order valence-electron chi connectivity index (χ1n) is 10.1. The zero-order valence-electron chi connectivity index (χ0n) is 17.7. The van der Waals surface area contributed by atoms with Gasteiger partial charge in [0.1, 0.15) is 0 Å². The van der Waals surface area contributed by atoms with Crippen molar-refractivity contribution in [1.29, 1.82) is 0 Å². The molecule has 2 N–H and O–H groups in total. The molecular weight excluding hydrogens is 382 g/mol. The minimum Gasteiger partial charge on any atom is -0.481 e. The van der Waals surface area contributed by atoms with E-state index < -0.39 is 17.4 Å². The highest BCUT2D eigenvalue weighted by Crippen LogP contribution is 2.31. The first-order chi connectivity index (χ1) is 14.2. The summed E-state index contributed by atoms with van der Waals surface area (Å²) in [6, 6.07) is 17.7. The van der Waals surface area contributed by atoms with E-state index in [-0.39, 0.29) is 31.3 Å². The fraction of sp³-hybridized carbons (Fsp3) is 0.375. The average Bonchev–Trinajstić information content (AvgIpc) is 2.73. The number of nitrogens with one attached hydrogen (secondary N) is 1. The van der Waals surface area contributed by atoms with Crippen molar-refractivity contribution in [3.8, 4) is 11.1 Å². The van der Waals surface area contributed by atoms with Crippen molar-refractivity contribution in [2.75, 3.05) is 6.61 Å². The van der Waals surface area contributed by atoms with E-state index in [1.165, 1.54) is 0 Å². The Labute approximate surface area is 177 Å². The largest absolute Gasteiger partial charge is 0.481 e. The number of amides is 1. The van der Waals surface area contributed by atoms with Crippen LogP contribution in [0.3, 0.4) is 0 Å². The smallest absolute Gasteiger partial charge is 0.308 e. The number of carboxylic acids is 1. The van der Waals surface area contributed by atoms with E-state index in [0.717, 1.165) is 16.7 Å². The summed E-state index contributed by atoms with van der Waals surface area (Å²) in [5.74, 6) is -2.17. The molecule has 0 aliphatic rings. The number of ether oxygens (including phenoxy) is 1. The monoisotopic (exact) mass is 411 g/mol. The molecule has 0 saturated carbocycles. The van der Waals surface area contributed by atoms with E-state index in [1.54, 1.807) is 13.8 Å². The number of benzene rings is 2. The predicted molar refractivity (Wildman–Crippen MR) is 115 cm³/mol. The lowest BCUT2D eigenvalue weighted by molar-refractivity contribution is -0.148. The van der Waals surface area contributed by atoms with Gasteiger partial charge in [0.2, 0.25) is 5.91 Å². The van der Waals surface area contributed by atoms with Crippen LogP contribution in [0.2, 0.25) is 0 Å². The molecule has 0 aliphatic heterocycles. The van der Waals surface area contributed by atoms with Crippen molar-refractivity contribution >= 4 is 17.8 Å². The van der Waals surface area contributed by atoms with E-state index in [2.05, 4.69) is 5.32 Å². The zero-order valence-corrected chi connectivity index (χ0v) is 17.7. The molecule has 0 aromatic heterocycles. The molecule has 2 rings (SSSR count). The first kappa shape index (κ1) is 23.1. The summed E-state index contributed by atoms with van der Waals surface area (Å²) >= 11 is 0. The van der Waals surface area contributed by atoms with Gasteiger partial charge in [-0.15, -0.1) is 0 Å². The second kappa shape index (κ2) is 10.6. The van der Waals surface area contributed by atoms with Crippen molar-refractivity contribution in [1.82, 2.24) is 5.32 Å². The molecule has 6 heteroatoms. The molecule has 2 atom stereocenters. The van der Waals surface area contributed by atoms with Crippen LogP contribution in [0.5, 0.6) is 0 Å². The molecule has 160 valence electrons. The fourth-order valence-corrected chi connectivity index (χ4v) is 3.47. The SMILES string of the molecule is CCOC(=O)[C@H](C)C[C@](C)(NC(=O)CCC(=O)O)c1ccc(-c2ccccc2)cc1. The Bertz CT molecular complexity index is 863. The molecule has 0 unspecified atom stereocenters. The Kier molecular flexibility index (Phi) is 8.16. The molecule has 0 spiro atoms. The van der Waals surface area contributed by atoms with Gasteiger partial charge in [-0.1, -0.05) is 61.5 Å². The average molecular weight is 411 g/mol. The highest BCUT2D eigenvalue weighted by molar-refractivity contribution is 5.81. The van der Waals surface area contributed by atoms with Gasteiger partial charge >= 0.3 is 11.9 Å². The predicted octanol–water partition coefficient (Wildman–Crippen LogP) is 4.14. The number of carbonyl (C=O) groups excluding carboxylic acids is 2. The Morgan fingerprint density at radius 3 is 2.17 bits per heavy atom. The lowest BCUT2D eigenvalue weighted by atomic mass is 9.82. The van der Waals surface area contributed by atoms with E-state index in [4.69, 9.17) is 9.84 Å². The fourth-order valence-electron chi connectivity index (χ4n) is 3.47. The summed E-state index contributed by atoms with van der Waals surface area (Å²) < 4.78 is 5.12. The van der Waals surface area contributed by atoms with Gasteiger partial charge < -0.3 is 15.2 Å². The molecule has 0 saturated heterocycles. The number of hydrogen-bond donors (Lipinski definition) is 2. The van der Waals surface area contributed by atoms with Crippen LogP contribution in [0.15, 0.2) is 54.6 Å². The van der Waals surface area contributed by atoms with Crippen LogP contribution in [0.1, 0.15) is 45.6 Å². The summed E-state index contributed by atoms with van der Waals surface area (Å²) in [5.41, 5.74) is 2.10. The van der Waals surface area contributed by atoms with E-state index in [0.29, 0.717) is 6.42 Å². The van der Waals surface area contributed by atoms with E-state index in [1.807, 2.05) is 61.5 Å². The Hall–Kier alpha value is -3.15. The van der Waals surface area contributed by atoms with Crippen LogP contribution in [0.25, 0.3) is 11.1 Å². The maximum atomic E-state index is 12.4. The molecular formula is C24H29NO5. The Morgan fingerprint density at radius 2 is 1.60 bits per heavy atom. The third kappa shape index (κ3) is 6.44. The van der Waals surface area contributed by atoms with Crippen LogP contribution >= 0.6 is 0 Å². The van der Waals surface area contributed by atoms with E-state index in [9.17, 15) is 14.4 Å². The van der Waals surface area contributed by atoms with Crippen molar-refractivity contribution in [2.24, 2.45) is 5.92 Å². The molecule has 0 radical (unpaired) electrons. The summed E-state index contributed by atoms with van der Waals surface area (Å²) in [4.78, 5) is 35.4. The van der Waals surface area contributed by atoms with Crippen LogP contribution in [-0.4, -0.2) is 29.6 Å². The number of carbonyl (C=O) groups is 3. The number of hydrogen-bond acceptors (Lipinski definition) is 4. The number of rotatable bonds is 10. The van der Waals surface area contributed by atoms with Crippen molar-refractivity contribution < 1.29 is 24.2 Å². The second-order valence-corrected chi connectivity index (χ2v) is 7.57. The van der Waals surface area contributed by atoms with Gasteiger partial charge in [-0.25, -0.2) is 0 Å². The van der Waals surface area contributed by atoms with Crippen LogP contribution in [0, 0.1) is 5.92 Å². The quantitative estimate of drug-likeness (QED) is 0.573. The molecule has 0 aliphatic carbocycles. The van der Waals surface area contributed by atoms with Crippen molar-refractivity contribution in [3.05, 3.63) is 60.2 Å². The van der Waals surface area contributed by atoms with Gasteiger partial charge in [-0.05, 0) is 37.0 Å². The lowest BCUT2D eigenvalue weighted by Crippen LogP contribution is -2.45. The molecule has 0 fully saturated rings. The highest BCUT2D eigenvalue weighted by atomic mass is 16.5. The maximum Gasteiger partial charge on any atom is 0.308 e. The summed E-state index contributed by atoms with van der Waals surface area (Å²) in [6.07, 6.45) is -0.0432. The number of aliphatic carboxylic acids is 1. The lowest BCUT2D eigenvalue weighted by Gasteiger charge is -2.33. The minimum atomic E-state index is -1.03. The Balaban J connectivity index is 2.28. The number of esters is 1. The van der Waals surface area contributed by atoms with Gasteiger partial charge in [0.05, 0.1) is 24.5 Å². The normalized spacial score (nSPS) is 13.7. The number of carboxylic acid groups (broad SMARTS) is 1. The molecule has 1 amide bonds. The summed E-state index contributed by atoms with van der Waals surface area (Å²) in [5, 5.41) is 11.8. The van der Waals surface area contributed by atoms with Crippen LogP contribution in [0.4, 0.5) is 0 Å². The van der Waals surface area contributed by atoms with Gasteiger partial charge in [-0.2, -0.15) is 0 Å². The minimum absolute atomic E-state index is 0.124. The molecule has 0 heterocycles. The second-order valence-electron chi connectivity index (χ2n) is 7.57. The third-order valence-electron chi connectivity index (χ3n) is 5.01. The topological polar surface area (TPSA) is 92.7 Å². The van der Waals surface area contributed by atoms with Crippen LogP contribution in [-0.2, 0) is 24.7 Å². The summed E-state index contributed by atoms with van der Waals surface area (Å²) in [6.45, 7) is 5.65. The highest BCUT2D eigenvalue weighted by Gasteiger charge is 2.33. The first-order valence-corrected chi connectivity index (χ1v) is 10.1. The Morgan fingerprint density at radius 1 is 1.00 bits per heavy atom. The van der Waals surface area contributed by atoms with Gasteiger partial charge in [0.25, 0.3) is 0 Å². The van der Waals surface area contributed by atoms with Gasteiger partial charge in [-0.3, -0.25) is 14.4 Å². The molecule has 30 heavy (non-hydrogen) atoms. The molecule has 6 nitrogen and oxygen atoms in total. The summed E-state index contributed by atoms with van der Waals surface area (Å²) in [7, 11) is 0. The molecule has 0 bridgehead atoms. The van der Waals surface area contributed by atoms with Crippen molar-refractivity contribution in [2.45, 2.75) is 45.6 Å². The standard InChI is InChI=1S/C24H29NO5/c1-4-30-23(29)17(2)16-24(3,25-21(26)14-15-22(27)28)20-12-10-19(11-13-20)18-8-6-5-7-9-18/h5-13,17H,4,14-16H2,1-3H3,(H,25,26)(H,27,28)/t17-,24+/m1/s1. The molecule has 2 aromatic carbocycles. The molecule has 2 aromatic rings. The van der Waals surface area contributed by atoms with Crippen molar-refractivity contribution in [3.63, 3.8) is 0 Å². The van der Waals surface area contributed by atoms with Gasteiger partial charge in [0.15, 0.2) is 0 Å². The van der Waals surface area contributed by atoms with Gasteiger partial charge in [0, 0.05) is 6.42 Å². The third-order valence-corrected chi connectivity index (χ3v) is 5.01. The zero-order chi connectivity index (χ0) is 22.1. The van der Waals surface area contributed by atoms with Crippen LogP contribution < -0.4 is 5.32 Å². The maximum absolute atomic E-state index is 12.4.